The molecule has 0 atom stereocenters. The van der Waals surface area contributed by atoms with Gasteiger partial charge in [0, 0.05) is 17.1 Å². The molecule has 28 heavy (non-hydrogen) atoms. The molecule has 0 heterocycles. The summed E-state index contributed by atoms with van der Waals surface area (Å²) in [5.41, 5.74) is 3.95. The van der Waals surface area contributed by atoms with Crippen LogP contribution >= 0.6 is 11.6 Å². The lowest BCUT2D eigenvalue weighted by Gasteiger charge is -2.10. The molecular weight excluding hydrogens is 382 g/mol. The van der Waals surface area contributed by atoms with Crippen LogP contribution < -0.4 is 20.2 Å². The van der Waals surface area contributed by atoms with Crippen LogP contribution in [0.15, 0.2) is 47.6 Å². The molecule has 0 radical (unpaired) electrons. The second-order valence-corrected chi connectivity index (χ2v) is 6.19. The lowest BCUT2D eigenvalue weighted by atomic mass is 10.1. The Labute approximate surface area is 168 Å². The van der Waals surface area contributed by atoms with E-state index in [4.69, 9.17) is 21.1 Å². The number of nitrogens with zero attached hydrogens (tertiary/aromatic N) is 1. The summed E-state index contributed by atoms with van der Waals surface area (Å²) in [7, 11) is 3.14. The zero-order valence-corrected chi connectivity index (χ0v) is 16.5. The van der Waals surface area contributed by atoms with Gasteiger partial charge in [0.15, 0.2) is 11.5 Å². The summed E-state index contributed by atoms with van der Waals surface area (Å²) in [4.78, 5) is 23.6. The average molecular weight is 404 g/mol. The van der Waals surface area contributed by atoms with Crippen molar-refractivity contribution in [3.05, 3.63) is 58.6 Å². The Balaban J connectivity index is 1.73. The van der Waals surface area contributed by atoms with E-state index in [1.165, 1.54) is 6.21 Å². The minimum Gasteiger partial charge on any atom is -0.493 e. The third-order valence-electron chi connectivity index (χ3n) is 3.80. The van der Waals surface area contributed by atoms with Crippen LogP contribution in [0, 0.1) is 0 Å². The molecule has 0 saturated heterocycles. The van der Waals surface area contributed by atoms with Gasteiger partial charge in [0.1, 0.15) is 6.42 Å². The maximum atomic E-state index is 11.9. The van der Waals surface area contributed by atoms with Gasteiger partial charge in [-0.2, -0.15) is 5.10 Å². The lowest BCUT2D eigenvalue weighted by Crippen LogP contribution is -2.31. The second kappa shape index (κ2) is 10.9. The highest BCUT2D eigenvalue weighted by molar-refractivity contribution is 6.33. The molecule has 0 saturated carbocycles. The molecule has 8 heteroatoms. The van der Waals surface area contributed by atoms with Crippen molar-refractivity contribution in [1.29, 1.82) is 0 Å². The zero-order valence-electron chi connectivity index (χ0n) is 15.7. The predicted octanol–water partition coefficient (Wildman–Crippen LogP) is 2.56. The van der Waals surface area contributed by atoms with Gasteiger partial charge in [0.2, 0.25) is 11.8 Å². The molecule has 0 aliphatic heterocycles. The minimum atomic E-state index is -0.507. The van der Waals surface area contributed by atoms with Crippen molar-refractivity contribution >= 4 is 29.6 Å². The normalized spacial score (nSPS) is 10.5. The highest BCUT2D eigenvalue weighted by Crippen LogP contribution is 2.27. The molecule has 0 aromatic heterocycles. The fraction of sp³-hybridized carbons (Fsp3) is 0.250. The quantitative estimate of drug-likeness (QED) is 0.382. The van der Waals surface area contributed by atoms with Crippen LogP contribution in [0.5, 0.6) is 11.5 Å². The van der Waals surface area contributed by atoms with E-state index in [9.17, 15) is 9.59 Å². The maximum Gasteiger partial charge on any atom is 0.249 e. The number of amides is 2. The molecule has 0 aliphatic carbocycles. The number of hydrogen-bond donors (Lipinski definition) is 2. The van der Waals surface area contributed by atoms with E-state index >= 15 is 0 Å². The number of hydrazone groups is 1. The van der Waals surface area contributed by atoms with Gasteiger partial charge in [-0.25, -0.2) is 5.43 Å². The van der Waals surface area contributed by atoms with E-state index in [-0.39, 0.29) is 12.3 Å². The number of carbonyl (C=O) groups is 2. The fourth-order valence-electron chi connectivity index (χ4n) is 2.38. The fourth-order valence-corrected chi connectivity index (χ4v) is 2.57. The molecule has 0 unspecified atom stereocenters. The van der Waals surface area contributed by atoms with Crippen molar-refractivity contribution in [2.75, 3.05) is 20.8 Å². The summed E-state index contributed by atoms with van der Waals surface area (Å²) < 4.78 is 10.4. The van der Waals surface area contributed by atoms with E-state index < -0.39 is 5.91 Å². The third-order valence-corrected chi connectivity index (χ3v) is 4.15. The third kappa shape index (κ3) is 6.59. The number of halogens is 1. The molecule has 2 aromatic rings. The van der Waals surface area contributed by atoms with Gasteiger partial charge in [-0.3, -0.25) is 9.59 Å². The summed E-state index contributed by atoms with van der Waals surface area (Å²) in [6, 6.07) is 12.6. The number of ether oxygens (including phenoxy) is 2. The van der Waals surface area contributed by atoms with Crippen LogP contribution in [0.25, 0.3) is 0 Å². The summed E-state index contributed by atoms with van der Waals surface area (Å²) in [5.74, 6) is 0.379. The Morgan fingerprint density at radius 2 is 1.82 bits per heavy atom. The molecule has 0 spiro atoms. The molecule has 148 valence electrons. The maximum absolute atomic E-state index is 11.9. The van der Waals surface area contributed by atoms with E-state index in [1.807, 2.05) is 12.1 Å². The van der Waals surface area contributed by atoms with Gasteiger partial charge in [0.25, 0.3) is 0 Å². The molecule has 2 rings (SSSR count). The van der Waals surface area contributed by atoms with Gasteiger partial charge < -0.3 is 14.8 Å². The summed E-state index contributed by atoms with van der Waals surface area (Å²) in [6.45, 7) is 0.393. The number of carbonyl (C=O) groups excluding carboxylic acids is 2. The topological polar surface area (TPSA) is 89.0 Å². The van der Waals surface area contributed by atoms with Crippen LogP contribution in [0.2, 0.25) is 5.02 Å². The van der Waals surface area contributed by atoms with Crippen LogP contribution in [0.1, 0.15) is 17.5 Å². The number of methoxy groups -OCH3 is 2. The van der Waals surface area contributed by atoms with Crippen LogP contribution in [0.4, 0.5) is 0 Å². The Hall–Kier alpha value is -3.06. The molecule has 0 aliphatic rings. The van der Waals surface area contributed by atoms with Crippen LogP contribution in [-0.2, 0) is 16.0 Å². The standard InChI is InChI=1S/C20H22ClN3O4/c1-27-17-8-7-14(11-18(17)28-2)9-10-22-19(25)12-20(26)24-23-13-15-5-3-4-6-16(15)21/h3-8,11,13H,9-10,12H2,1-2H3,(H,22,25)(H,24,26)/b23-13-. The van der Waals surface area contributed by atoms with E-state index in [0.717, 1.165) is 5.56 Å². The number of benzene rings is 2. The SMILES string of the molecule is COc1ccc(CCNC(=O)CC(=O)N/N=C\c2ccccc2Cl)cc1OC. The number of hydrogen-bond acceptors (Lipinski definition) is 5. The summed E-state index contributed by atoms with van der Waals surface area (Å²) in [5, 5.41) is 7.03. The Bertz CT molecular complexity index is 855. The average Bonchev–Trinajstić information content (AvgIpc) is 2.69. The first-order valence-electron chi connectivity index (χ1n) is 8.57. The predicted molar refractivity (Wildman–Crippen MR) is 108 cm³/mol. The molecule has 7 nitrogen and oxygen atoms in total. The van der Waals surface area contributed by atoms with Crippen molar-refractivity contribution in [1.82, 2.24) is 10.7 Å². The molecule has 2 amide bonds. The monoisotopic (exact) mass is 403 g/mol. The largest absolute Gasteiger partial charge is 0.493 e. The molecule has 0 bridgehead atoms. The Morgan fingerprint density at radius 3 is 2.54 bits per heavy atom. The summed E-state index contributed by atoms with van der Waals surface area (Å²) in [6.07, 6.45) is 1.71. The van der Waals surface area contributed by atoms with Crippen molar-refractivity contribution in [2.45, 2.75) is 12.8 Å². The number of rotatable bonds is 9. The van der Waals surface area contributed by atoms with Crippen molar-refractivity contribution in [3.8, 4) is 11.5 Å². The Morgan fingerprint density at radius 1 is 1.07 bits per heavy atom. The van der Waals surface area contributed by atoms with Crippen molar-refractivity contribution in [2.24, 2.45) is 5.10 Å². The van der Waals surface area contributed by atoms with E-state index in [2.05, 4.69) is 15.8 Å². The second-order valence-electron chi connectivity index (χ2n) is 5.78. The van der Waals surface area contributed by atoms with Gasteiger partial charge >= 0.3 is 0 Å². The van der Waals surface area contributed by atoms with Crippen molar-refractivity contribution < 1.29 is 19.1 Å². The molecule has 2 N–H and O–H groups in total. The zero-order chi connectivity index (χ0) is 20.4. The van der Waals surface area contributed by atoms with E-state index in [0.29, 0.717) is 35.1 Å². The first kappa shape index (κ1) is 21.2. The van der Waals surface area contributed by atoms with Gasteiger partial charge in [-0.05, 0) is 30.2 Å². The smallest absolute Gasteiger partial charge is 0.249 e. The number of nitrogens with one attached hydrogen (secondary N) is 2. The lowest BCUT2D eigenvalue weighted by molar-refractivity contribution is -0.129. The van der Waals surface area contributed by atoms with Gasteiger partial charge in [-0.15, -0.1) is 0 Å². The van der Waals surface area contributed by atoms with Crippen LogP contribution in [-0.4, -0.2) is 38.8 Å². The summed E-state index contributed by atoms with van der Waals surface area (Å²) >= 11 is 5.98. The highest BCUT2D eigenvalue weighted by atomic mass is 35.5. The Kier molecular flexibility index (Phi) is 8.30. The molecular formula is C20H22ClN3O4. The van der Waals surface area contributed by atoms with Gasteiger partial charge in [0.05, 0.1) is 20.4 Å². The van der Waals surface area contributed by atoms with Crippen LogP contribution in [0.3, 0.4) is 0 Å². The first-order chi connectivity index (χ1) is 13.5. The molecule has 2 aromatic carbocycles. The van der Waals surface area contributed by atoms with Gasteiger partial charge in [-0.1, -0.05) is 35.9 Å². The minimum absolute atomic E-state index is 0.314. The molecule has 0 fully saturated rings. The first-order valence-corrected chi connectivity index (χ1v) is 8.95. The van der Waals surface area contributed by atoms with Crippen molar-refractivity contribution in [3.63, 3.8) is 0 Å². The van der Waals surface area contributed by atoms with E-state index in [1.54, 1.807) is 44.6 Å². The highest BCUT2D eigenvalue weighted by Gasteiger charge is 2.09.